The van der Waals surface area contributed by atoms with Crippen molar-refractivity contribution in [1.29, 1.82) is 0 Å². The second kappa shape index (κ2) is 4.13. The van der Waals surface area contributed by atoms with Crippen molar-refractivity contribution in [3.8, 4) is 0 Å². The highest BCUT2D eigenvalue weighted by Crippen LogP contribution is 2.20. The molecule has 16 heavy (non-hydrogen) atoms. The van der Waals surface area contributed by atoms with Crippen LogP contribution in [-0.4, -0.2) is 20.2 Å². The summed E-state index contributed by atoms with van der Waals surface area (Å²) in [5.74, 6) is -2.21. The number of hydrogen-bond acceptors (Lipinski definition) is 4. The molecular weight excluding hydrogens is 230 g/mol. The van der Waals surface area contributed by atoms with Gasteiger partial charge < -0.3 is 20.5 Å². The molecule has 0 spiro atoms. The van der Waals surface area contributed by atoms with Crippen LogP contribution in [0.1, 0.15) is 5.69 Å². The molecule has 5 nitrogen and oxygen atoms in total. The zero-order valence-corrected chi connectivity index (χ0v) is 8.94. The average molecular weight is 240 g/mol. The van der Waals surface area contributed by atoms with Crippen LogP contribution in [0.15, 0.2) is 36.8 Å². The van der Waals surface area contributed by atoms with Crippen molar-refractivity contribution in [2.75, 3.05) is 5.32 Å². The second-order valence-corrected chi connectivity index (χ2v) is 3.69. The molecule has 0 bridgehead atoms. The molecule has 84 valence electrons. The largest absolute Gasteiger partial charge is 0.351 e. The Bertz CT molecular complexity index is 453. The van der Waals surface area contributed by atoms with Crippen LogP contribution < -0.4 is 5.32 Å². The minimum absolute atomic E-state index is 0.0856. The van der Waals surface area contributed by atoms with Crippen LogP contribution in [0.2, 0.25) is 5.02 Å². The Morgan fingerprint density at radius 3 is 2.50 bits per heavy atom. The lowest BCUT2D eigenvalue weighted by atomic mass is 10.3. The van der Waals surface area contributed by atoms with Crippen molar-refractivity contribution < 1.29 is 10.2 Å². The molecule has 0 unspecified atom stereocenters. The van der Waals surface area contributed by atoms with E-state index < -0.39 is 5.91 Å². The van der Waals surface area contributed by atoms with Gasteiger partial charge in [-0.15, -0.1) is 0 Å². The molecule has 0 saturated heterocycles. The van der Waals surface area contributed by atoms with E-state index in [1.54, 1.807) is 24.3 Å². The van der Waals surface area contributed by atoms with Gasteiger partial charge in [0.2, 0.25) is 0 Å². The number of aromatic amines is 1. The van der Waals surface area contributed by atoms with Crippen molar-refractivity contribution in [2.45, 2.75) is 5.91 Å². The molecule has 6 heteroatoms. The maximum absolute atomic E-state index is 9.73. The second-order valence-electron chi connectivity index (χ2n) is 3.26. The van der Waals surface area contributed by atoms with Crippen LogP contribution in [0.4, 0.5) is 5.69 Å². The lowest BCUT2D eigenvalue weighted by Crippen LogP contribution is -2.35. The first-order valence-electron chi connectivity index (χ1n) is 4.56. The quantitative estimate of drug-likeness (QED) is 0.608. The summed E-state index contributed by atoms with van der Waals surface area (Å²) in [6.07, 6.45) is 2.75. The summed E-state index contributed by atoms with van der Waals surface area (Å²) in [6, 6.07) is 6.56. The summed E-state index contributed by atoms with van der Waals surface area (Å²) in [5, 5.41) is 22.5. The van der Waals surface area contributed by atoms with Gasteiger partial charge in [0, 0.05) is 16.9 Å². The Balaban J connectivity index is 2.18. The van der Waals surface area contributed by atoms with E-state index in [1.807, 2.05) is 0 Å². The number of benzene rings is 1. The predicted octanol–water partition coefficient (Wildman–Crippen LogP) is 1.27. The minimum atomic E-state index is -2.21. The summed E-state index contributed by atoms with van der Waals surface area (Å²) in [4.78, 5) is 6.40. The first kappa shape index (κ1) is 10.9. The molecule has 0 atom stereocenters. The third-order valence-electron chi connectivity index (χ3n) is 2.02. The molecule has 0 saturated carbocycles. The smallest absolute Gasteiger partial charge is 0.292 e. The summed E-state index contributed by atoms with van der Waals surface area (Å²) >= 11 is 5.71. The molecule has 0 amide bonds. The van der Waals surface area contributed by atoms with Gasteiger partial charge in [0.15, 0.2) is 0 Å². The van der Waals surface area contributed by atoms with E-state index in [0.717, 1.165) is 0 Å². The number of nitrogens with zero attached hydrogens (tertiary/aromatic N) is 1. The molecule has 0 aliphatic heterocycles. The van der Waals surface area contributed by atoms with Crippen molar-refractivity contribution in [2.24, 2.45) is 0 Å². The van der Waals surface area contributed by atoms with Crippen LogP contribution in [0.3, 0.4) is 0 Å². The number of imidazole rings is 1. The monoisotopic (exact) mass is 239 g/mol. The van der Waals surface area contributed by atoms with E-state index in [9.17, 15) is 10.2 Å². The molecular formula is C10H10ClN3O2. The van der Waals surface area contributed by atoms with Gasteiger partial charge in [0.25, 0.3) is 5.91 Å². The molecule has 1 aromatic carbocycles. The Morgan fingerprint density at radius 1 is 1.25 bits per heavy atom. The fourth-order valence-corrected chi connectivity index (χ4v) is 1.38. The van der Waals surface area contributed by atoms with Crippen LogP contribution in [0, 0.1) is 0 Å². The van der Waals surface area contributed by atoms with E-state index in [1.165, 1.54) is 12.5 Å². The van der Waals surface area contributed by atoms with Crippen molar-refractivity contribution in [1.82, 2.24) is 9.97 Å². The summed E-state index contributed by atoms with van der Waals surface area (Å²) in [6.45, 7) is 0. The standard InChI is InChI=1S/C10H10ClN3O2/c11-7-1-3-8(4-2-7)14-10(15,16)9-5-12-6-13-9/h1-6,14-16H,(H,12,13). The normalized spacial score (nSPS) is 11.4. The summed E-state index contributed by atoms with van der Waals surface area (Å²) in [5.41, 5.74) is 0.611. The Labute approximate surface area is 96.7 Å². The number of aromatic nitrogens is 2. The van der Waals surface area contributed by atoms with E-state index >= 15 is 0 Å². The zero-order valence-electron chi connectivity index (χ0n) is 8.18. The minimum Gasteiger partial charge on any atom is -0.351 e. The Hall–Kier alpha value is -1.56. The summed E-state index contributed by atoms with van der Waals surface area (Å²) in [7, 11) is 0. The van der Waals surface area contributed by atoms with Gasteiger partial charge in [-0.1, -0.05) is 11.6 Å². The molecule has 4 N–H and O–H groups in total. The van der Waals surface area contributed by atoms with Gasteiger partial charge in [0.1, 0.15) is 5.69 Å². The highest BCUT2D eigenvalue weighted by molar-refractivity contribution is 6.30. The van der Waals surface area contributed by atoms with Crippen LogP contribution in [0.25, 0.3) is 0 Å². The van der Waals surface area contributed by atoms with E-state index in [-0.39, 0.29) is 5.69 Å². The SMILES string of the molecule is OC(O)(Nc1ccc(Cl)cc1)c1c[nH]cn1. The maximum Gasteiger partial charge on any atom is 0.292 e. The van der Waals surface area contributed by atoms with Gasteiger partial charge in [-0.25, -0.2) is 4.98 Å². The number of aliphatic hydroxyl groups is 2. The van der Waals surface area contributed by atoms with E-state index in [4.69, 9.17) is 11.6 Å². The number of H-pyrrole nitrogens is 1. The van der Waals surface area contributed by atoms with Crippen LogP contribution >= 0.6 is 11.6 Å². The number of hydrogen-bond donors (Lipinski definition) is 4. The zero-order chi connectivity index (χ0) is 11.6. The third kappa shape index (κ3) is 2.33. The van der Waals surface area contributed by atoms with Crippen LogP contribution in [0.5, 0.6) is 0 Å². The molecule has 2 rings (SSSR count). The average Bonchev–Trinajstić information content (AvgIpc) is 2.75. The van der Waals surface area contributed by atoms with E-state index in [0.29, 0.717) is 10.7 Å². The predicted molar refractivity (Wildman–Crippen MR) is 59.8 cm³/mol. The highest BCUT2D eigenvalue weighted by atomic mass is 35.5. The van der Waals surface area contributed by atoms with Crippen LogP contribution in [-0.2, 0) is 5.91 Å². The fourth-order valence-electron chi connectivity index (χ4n) is 1.25. The Kier molecular flexibility index (Phi) is 2.82. The van der Waals surface area contributed by atoms with Crippen molar-refractivity contribution in [3.63, 3.8) is 0 Å². The van der Waals surface area contributed by atoms with Crippen molar-refractivity contribution >= 4 is 17.3 Å². The molecule has 0 aliphatic carbocycles. The highest BCUT2D eigenvalue weighted by Gasteiger charge is 2.27. The van der Waals surface area contributed by atoms with Gasteiger partial charge in [-0.3, -0.25) is 0 Å². The molecule has 0 aliphatic rings. The lowest BCUT2D eigenvalue weighted by Gasteiger charge is -2.21. The maximum atomic E-state index is 9.73. The summed E-state index contributed by atoms with van der Waals surface area (Å²) < 4.78 is 0. The molecule has 1 heterocycles. The topological polar surface area (TPSA) is 81.2 Å². The third-order valence-corrected chi connectivity index (χ3v) is 2.27. The first-order chi connectivity index (χ1) is 7.58. The van der Waals surface area contributed by atoms with Gasteiger partial charge in [-0.2, -0.15) is 0 Å². The molecule has 2 aromatic rings. The first-order valence-corrected chi connectivity index (χ1v) is 4.93. The molecule has 1 aromatic heterocycles. The number of halogens is 1. The number of rotatable bonds is 3. The van der Waals surface area contributed by atoms with Gasteiger partial charge in [0.05, 0.1) is 6.33 Å². The number of anilines is 1. The number of nitrogens with one attached hydrogen (secondary N) is 2. The Morgan fingerprint density at radius 2 is 1.94 bits per heavy atom. The van der Waals surface area contributed by atoms with Crippen molar-refractivity contribution in [3.05, 3.63) is 47.5 Å². The van der Waals surface area contributed by atoms with Gasteiger partial charge >= 0.3 is 0 Å². The van der Waals surface area contributed by atoms with E-state index in [2.05, 4.69) is 15.3 Å². The lowest BCUT2D eigenvalue weighted by molar-refractivity contribution is -0.146. The molecule has 0 radical (unpaired) electrons. The van der Waals surface area contributed by atoms with Gasteiger partial charge in [-0.05, 0) is 24.3 Å². The fraction of sp³-hybridized carbons (Fsp3) is 0.100. The molecule has 0 fully saturated rings.